The number of alkyl halides is 1. The van der Waals surface area contributed by atoms with Crippen LogP contribution in [0, 0.1) is 0 Å². The Morgan fingerprint density at radius 3 is 2.73 bits per heavy atom. The predicted molar refractivity (Wildman–Crippen MR) is 127 cm³/mol. The molecular weight excluding hydrogens is 423 g/mol. The Morgan fingerprint density at radius 1 is 1.27 bits per heavy atom. The number of rotatable bonds is 7. The van der Waals surface area contributed by atoms with E-state index in [-0.39, 0.29) is 17.6 Å². The first-order valence-corrected chi connectivity index (χ1v) is 11.6. The van der Waals surface area contributed by atoms with Crippen LogP contribution in [0.2, 0.25) is 0 Å². The van der Waals surface area contributed by atoms with E-state index in [1.165, 1.54) is 11.5 Å². The molecule has 1 saturated carbocycles. The highest BCUT2D eigenvalue weighted by molar-refractivity contribution is 5.90. The van der Waals surface area contributed by atoms with Crippen LogP contribution < -0.4 is 16.2 Å². The highest BCUT2D eigenvalue weighted by Crippen LogP contribution is 2.39. The van der Waals surface area contributed by atoms with E-state index in [0.29, 0.717) is 28.7 Å². The molecule has 1 atom stereocenters. The van der Waals surface area contributed by atoms with Crippen LogP contribution in [0.15, 0.2) is 29.5 Å². The molecule has 2 N–H and O–H groups in total. The first kappa shape index (κ1) is 21.8. The van der Waals surface area contributed by atoms with Crippen molar-refractivity contribution in [3.8, 4) is 0 Å². The van der Waals surface area contributed by atoms with Gasteiger partial charge in [0.15, 0.2) is 0 Å². The van der Waals surface area contributed by atoms with Gasteiger partial charge >= 0.3 is 0 Å². The summed E-state index contributed by atoms with van der Waals surface area (Å²) in [5.74, 6) is 0.879. The number of likely N-dealkylation sites (tertiary alicyclic amines) is 1. The molecule has 0 unspecified atom stereocenters. The standard InChI is InChI=1S/C23H31FN8O/c1-15(24)13-31-11-6-18-19(21(31)33)20(29-23(2)7-8-23)28-22(27-18)26-16-12-25-32(14-16)17-4-9-30(3)10-5-17/h6,11-12,14-15,17H,4-5,7-10,13H2,1-3H3,(H2,26,27,28,29)/t15-/m1/s1. The average Bonchev–Trinajstić information content (AvgIpc) is 3.30. The number of nitrogens with zero attached hydrogens (tertiary/aromatic N) is 6. The minimum atomic E-state index is -1.12. The molecule has 4 heterocycles. The average molecular weight is 455 g/mol. The van der Waals surface area contributed by atoms with Crippen molar-refractivity contribution < 1.29 is 4.39 Å². The van der Waals surface area contributed by atoms with Crippen LogP contribution in [0.25, 0.3) is 10.9 Å². The lowest BCUT2D eigenvalue weighted by molar-refractivity contribution is 0.212. The second-order valence-corrected chi connectivity index (χ2v) is 9.76. The van der Waals surface area contributed by atoms with E-state index in [2.05, 4.69) is 44.6 Å². The first-order chi connectivity index (χ1) is 15.8. The Balaban J connectivity index is 1.46. The van der Waals surface area contributed by atoms with Crippen molar-refractivity contribution in [3.05, 3.63) is 35.0 Å². The third kappa shape index (κ3) is 4.71. The third-order valence-corrected chi connectivity index (χ3v) is 6.61. The summed E-state index contributed by atoms with van der Waals surface area (Å²) in [5, 5.41) is 11.6. The van der Waals surface area contributed by atoms with Crippen molar-refractivity contribution in [3.63, 3.8) is 0 Å². The van der Waals surface area contributed by atoms with E-state index in [1.54, 1.807) is 18.5 Å². The quantitative estimate of drug-likeness (QED) is 0.566. The second-order valence-electron chi connectivity index (χ2n) is 9.76. The van der Waals surface area contributed by atoms with Crippen LogP contribution in [-0.2, 0) is 6.54 Å². The maximum absolute atomic E-state index is 13.6. The molecule has 0 radical (unpaired) electrons. The van der Waals surface area contributed by atoms with Crippen LogP contribution in [0.4, 0.5) is 21.8 Å². The van der Waals surface area contributed by atoms with Gasteiger partial charge in [0.2, 0.25) is 5.95 Å². The molecule has 2 aliphatic rings. The largest absolute Gasteiger partial charge is 0.364 e. The molecule has 1 aliphatic carbocycles. The Hall–Kier alpha value is -3.01. The zero-order valence-corrected chi connectivity index (χ0v) is 19.4. The van der Waals surface area contributed by atoms with Crippen molar-refractivity contribution in [1.82, 2.24) is 29.2 Å². The summed E-state index contributed by atoms with van der Waals surface area (Å²) < 4.78 is 17.0. The third-order valence-electron chi connectivity index (χ3n) is 6.61. The van der Waals surface area contributed by atoms with Crippen LogP contribution in [0.3, 0.4) is 0 Å². The monoisotopic (exact) mass is 454 g/mol. The number of hydrogen-bond donors (Lipinski definition) is 2. The van der Waals surface area contributed by atoms with Gasteiger partial charge in [0.05, 0.1) is 30.0 Å². The van der Waals surface area contributed by atoms with Gasteiger partial charge in [0, 0.05) is 17.9 Å². The van der Waals surface area contributed by atoms with Crippen molar-refractivity contribution >= 4 is 28.4 Å². The van der Waals surface area contributed by atoms with Gasteiger partial charge in [-0.05, 0) is 65.7 Å². The Kier molecular flexibility index (Phi) is 5.55. The Labute approximate surface area is 192 Å². The van der Waals surface area contributed by atoms with E-state index in [1.807, 2.05) is 10.9 Å². The van der Waals surface area contributed by atoms with Gasteiger partial charge in [-0.15, -0.1) is 0 Å². The molecular formula is C23H31FN8O. The van der Waals surface area contributed by atoms with E-state index >= 15 is 0 Å². The number of fused-ring (bicyclic) bond motifs is 1. The van der Waals surface area contributed by atoms with Gasteiger partial charge < -0.3 is 20.1 Å². The van der Waals surface area contributed by atoms with Gasteiger partial charge in [-0.1, -0.05) is 0 Å². The summed E-state index contributed by atoms with van der Waals surface area (Å²) in [7, 11) is 2.14. The van der Waals surface area contributed by atoms with Crippen LogP contribution in [-0.4, -0.2) is 61.1 Å². The summed E-state index contributed by atoms with van der Waals surface area (Å²) >= 11 is 0. The smallest absolute Gasteiger partial charge is 0.263 e. The van der Waals surface area contributed by atoms with Gasteiger partial charge in [0.25, 0.3) is 5.56 Å². The van der Waals surface area contributed by atoms with E-state index in [9.17, 15) is 9.18 Å². The minimum absolute atomic E-state index is 0.00161. The molecule has 0 amide bonds. The first-order valence-electron chi connectivity index (χ1n) is 11.6. The van der Waals surface area contributed by atoms with Gasteiger partial charge in [0.1, 0.15) is 17.4 Å². The fourth-order valence-electron chi connectivity index (χ4n) is 4.33. The summed E-state index contributed by atoms with van der Waals surface area (Å²) in [6.45, 7) is 5.67. The molecule has 1 saturated heterocycles. The van der Waals surface area contributed by atoms with Crippen molar-refractivity contribution in [2.75, 3.05) is 30.8 Å². The number of hydrogen-bond acceptors (Lipinski definition) is 7. The number of halogens is 1. The van der Waals surface area contributed by atoms with Crippen molar-refractivity contribution in [1.29, 1.82) is 0 Å². The van der Waals surface area contributed by atoms with E-state index < -0.39 is 6.17 Å². The fourth-order valence-corrected chi connectivity index (χ4v) is 4.33. The van der Waals surface area contributed by atoms with Gasteiger partial charge in [-0.3, -0.25) is 9.48 Å². The van der Waals surface area contributed by atoms with Crippen LogP contribution in [0.5, 0.6) is 0 Å². The maximum Gasteiger partial charge on any atom is 0.263 e. The number of anilines is 3. The number of pyridine rings is 1. The van der Waals surface area contributed by atoms with Crippen LogP contribution >= 0.6 is 0 Å². The number of aromatic nitrogens is 5. The fraction of sp³-hybridized carbons (Fsp3) is 0.565. The summed E-state index contributed by atoms with van der Waals surface area (Å²) in [6, 6.07) is 2.13. The minimum Gasteiger partial charge on any atom is -0.364 e. The maximum atomic E-state index is 13.6. The normalized spacial score (nSPS) is 19.5. The van der Waals surface area contributed by atoms with Crippen molar-refractivity contribution in [2.45, 2.75) is 63.8 Å². The predicted octanol–water partition coefficient (Wildman–Crippen LogP) is 3.32. The lowest BCUT2D eigenvalue weighted by atomic mass is 10.1. The van der Waals surface area contributed by atoms with Crippen LogP contribution in [0.1, 0.15) is 45.6 Å². The number of piperidine rings is 1. The van der Waals surface area contributed by atoms with E-state index in [4.69, 9.17) is 0 Å². The zero-order chi connectivity index (χ0) is 23.2. The van der Waals surface area contributed by atoms with Crippen molar-refractivity contribution in [2.24, 2.45) is 0 Å². The summed E-state index contributed by atoms with van der Waals surface area (Å²) in [5.41, 5.74) is 0.953. The molecule has 3 aromatic rings. The molecule has 9 nitrogen and oxygen atoms in total. The molecule has 10 heteroatoms. The van der Waals surface area contributed by atoms with Gasteiger partial charge in [-0.2, -0.15) is 10.1 Å². The number of nitrogens with one attached hydrogen (secondary N) is 2. The highest BCUT2D eigenvalue weighted by atomic mass is 19.1. The lowest BCUT2D eigenvalue weighted by Crippen LogP contribution is -2.31. The second kappa shape index (κ2) is 8.40. The molecule has 1 aliphatic heterocycles. The molecule has 176 valence electrons. The SMILES string of the molecule is C[C@@H](F)Cn1ccc2nc(Nc3cnn(C4CCN(C)CC4)c3)nc(NC3(C)CC3)c2c1=O. The summed E-state index contributed by atoms with van der Waals surface area (Å²) in [6.07, 6.45) is 8.39. The molecule has 0 aromatic carbocycles. The topological polar surface area (TPSA) is 92.9 Å². The van der Waals surface area contributed by atoms with E-state index in [0.717, 1.165) is 44.5 Å². The molecule has 3 aromatic heterocycles. The Bertz CT molecular complexity index is 1210. The Morgan fingerprint density at radius 2 is 2.03 bits per heavy atom. The zero-order valence-electron chi connectivity index (χ0n) is 19.4. The molecule has 0 spiro atoms. The molecule has 2 fully saturated rings. The molecule has 0 bridgehead atoms. The highest BCUT2D eigenvalue weighted by Gasteiger charge is 2.38. The molecule has 33 heavy (non-hydrogen) atoms. The molecule has 5 rings (SSSR count). The lowest BCUT2D eigenvalue weighted by Gasteiger charge is -2.28. The summed E-state index contributed by atoms with van der Waals surface area (Å²) in [4.78, 5) is 24.7. The van der Waals surface area contributed by atoms with Gasteiger partial charge in [-0.25, -0.2) is 9.37 Å².